The average Bonchev–Trinajstić information content (AvgIpc) is 2.76. The van der Waals surface area contributed by atoms with Crippen molar-refractivity contribution in [1.29, 1.82) is 0 Å². The standard InChI is InChI=1S/C16H21N3O3.ClH/c1-4-16(17,5-2)9-18-13(20)10-6-7-11-12(8-10)15(22)19(3)14(11)21;/h6-8H,4-5,9,17H2,1-3H3,(H,18,20);1H. The van der Waals surface area contributed by atoms with E-state index >= 15 is 0 Å². The van der Waals surface area contributed by atoms with Crippen molar-refractivity contribution in [3.05, 3.63) is 34.9 Å². The van der Waals surface area contributed by atoms with Gasteiger partial charge >= 0.3 is 0 Å². The highest BCUT2D eigenvalue weighted by Gasteiger charge is 2.33. The molecule has 1 heterocycles. The lowest BCUT2D eigenvalue weighted by molar-refractivity contribution is 0.0693. The van der Waals surface area contributed by atoms with Gasteiger partial charge in [0, 0.05) is 24.7 Å². The van der Waals surface area contributed by atoms with Crippen LogP contribution in [0, 0.1) is 0 Å². The highest BCUT2D eigenvalue weighted by Crippen LogP contribution is 2.22. The summed E-state index contributed by atoms with van der Waals surface area (Å²) < 4.78 is 0. The van der Waals surface area contributed by atoms with Crippen LogP contribution in [0.4, 0.5) is 0 Å². The summed E-state index contributed by atoms with van der Waals surface area (Å²) in [4.78, 5) is 37.0. The molecule has 23 heavy (non-hydrogen) atoms. The zero-order chi connectivity index (χ0) is 16.5. The summed E-state index contributed by atoms with van der Waals surface area (Å²) in [7, 11) is 1.43. The predicted molar refractivity (Wildman–Crippen MR) is 89.9 cm³/mol. The van der Waals surface area contributed by atoms with Crippen molar-refractivity contribution in [3.8, 4) is 0 Å². The third-order valence-corrected chi connectivity index (χ3v) is 4.36. The van der Waals surface area contributed by atoms with Crippen LogP contribution in [-0.4, -0.2) is 41.8 Å². The Bertz CT molecular complexity index is 641. The van der Waals surface area contributed by atoms with E-state index in [4.69, 9.17) is 5.73 Å². The van der Waals surface area contributed by atoms with Gasteiger partial charge in [0.15, 0.2) is 0 Å². The number of carbonyl (C=O) groups excluding carboxylic acids is 3. The van der Waals surface area contributed by atoms with Gasteiger partial charge in [0.25, 0.3) is 17.7 Å². The van der Waals surface area contributed by atoms with Crippen molar-refractivity contribution in [2.45, 2.75) is 32.2 Å². The topological polar surface area (TPSA) is 92.5 Å². The van der Waals surface area contributed by atoms with Crippen molar-refractivity contribution in [3.63, 3.8) is 0 Å². The first kappa shape index (κ1) is 19.1. The Morgan fingerprint density at radius 3 is 2.30 bits per heavy atom. The molecule has 7 heteroatoms. The van der Waals surface area contributed by atoms with E-state index in [1.165, 1.54) is 19.2 Å². The Balaban J connectivity index is 0.00000264. The number of carbonyl (C=O) groups is 3. The maximum absolute atomic E-state index is 12.2. The van der Waals surface area contributed by atoms with Crippen LogP contribution in [0.3, 0.4) is 0 Å². The molecule has 0 saturated heterocycles. The first-order valence-electron chi connectivity index (χ1n) is 7.36. The van der Waals surface area contributed by atoms with Gasteiger partial charge in [0.1, 0.15) is 0 Å². The van der Waals surface area contributed by atoms with Crippen molar-refractivity contribution >= 4 is 30.1 Å². The number of nitrogens with two attached hydrogens (primary N) is 1. The van der Waals surface area contributed by atoms with Crippen LogP contribution < -0.4 is 11.1 Å². The third-order valence-electron chi connectivity index (χ3n) is 4.36. The first-order valence-corrected chi connectivity index (χ1v) is 7.36. The molecule has 0 aliphatic carbocycles. The van der Waals surface area contributed by atoms with Crippen molar-refractivity contribution < 1.29 is 14.4 Å². The van der Waals surface area contributed by atoms with Crippen LogP contribution in [0.2, 0.25) is 0 Å². The molecule has 1 aliphatic heterocycles. The lowest BCUT2D eigenvalue weighted by Crippen LogP contribution is -2.49. The summed E-state index contributed by atoms with van der Waals surface area (Å²) in [5, 5.41) is 2.80. The number of nitrogens with one attached hydrogen (secondary N) is 1. The molecule has 3 amide bonds. The van der Waals surface area contributed by atoms with Gasteiger partial charge in [0.2, 0.25) is 0 Å². The van der Waals surface area contributed by atoms with Crippen molar-refractivity contribution in [2.24, 2.45) is 5.73 Å². The maximum Gasteiger partial charge on any atom is 0.261 e. The molecule has 1 aliphatic rings. The number of amides is 3. The number of hydrogen-bond acceptors (Lipinski definition) is 4. The van der Waals surface area contributed by atoms with Crippen LogP contribution in [0.1, 0.15) is 57.8 Å². The molecule has 0 fully saturated rings. The molecule has 6 nitrogen and oxygen atoms in total. The van der Waals surface area contributed by atoms with E-state index in [-0.39, 0.29) is 35.7 Å². The van der Waals surface area contributed by atoms with E-state index in [0.29, 0.717) is 17.7 Å². The SMILES string of the molecule is CCC(N)(CC)CNC(=O)c1ccc2c(c1)C(=O)N(C)C2=O.Cl. The van der Waals surface area contributed by atoms with Gasteiger partial charge in [-0.3, -0.25) is 19.3 Å². The number of rotatable bonds is 5. The molecule has 2 rings (SSSR count). The van der Waals surface area contributed by atoms with E-state index in [2.05, 4.69) is 5.32 Å². The molecule has 0 saturated carbocycles. The van der Waals surface area contributed by atoms with Crippen LogP contribution in [0.15, 0.2) is 18.2 Å². The predicted octanol–water partition coefficient (Wildman–Crippen LogP) is 1.58. The van der Waals surface area contributed by atoms with Gasteiger partial charge in [-0.2, -0.15) is 0 Å². The number of benzene rings is 1. The van der Waals surface area contributed by atoms with Crippen molar-refractivity contribution in [1.82, 2.24) is 10.2 Å². The monoisotopic (exact) mass is 339 g/mol. The summed E-state index contributed by atoms with van der Waals surface area (Å²) >= 11 is 0. The van der Waals surface area contributed by atoms with Gasteiger partial charge in [-0.1, -0.05) is 13.8 Å². The second kappa shape index (κ2) is 7.10. The van der Waals surface area contributed by atoms with Crippen LogP contribution in [0.25, 0.3) is 0 Å². The zero-order valence-electron chi connectivity index (χ0n) is 13.5. The van der Waals surface area contributed by atoms with Gasteiger partial charge in [-0.05, 0) is 31.0 Å². The number of halogens is 1. The van der Waals surface area contributed by atoms with E-state index < -0.39 is 5.54 Å². The van der Waals surface area contributed by atoms with E-state index in [1.54, 1.807) is 6.07 Å². The molecule has 1 aromatic rings. The Kier molecular flexibility index (Phi) is 5.91. The average molecular weight is 340 g/mol. The van der Waals surface area contributed by atoms with Crippen molar-refractivity contribution in [2.75, 3.05) is 13.6 Å². The summed E-state index contributed by atoms with van der Waals surface area (Å²) in [6, 6.07) is 4.53. The fraction of sp³-hybridized carbons (Fsp3) is 0.438. The maximum atomic E-state index is 12.2. The minimum Gasteiger partial charge on any atom is -0.350 e. The lowest BCUT2D eigenvalue weighted by Gasteiger charge is -2.26. The Morgan fingerprint density at radius 2 is 1.74 bits per heavy atom. The summed E-state index contributed by atoms with van der Waals surface area (Å²) in [6.45, 7) is 4.32. The van der Waals surface area contributed by atoms with Gasteiger partial charge in [-0.15, -0.1) is 12.4 Å². The number of imide groups is 1. The molecule has 3 N–H and O–H groups in total. The molecule has 0 atom stereocenters. The smallest absolute Gasteiger partial charge is 0.261 e. The Morgan fingerprint density at radius 1 is 1.17 bits per heavy atom. The minimum atomic E-state index is -0.432. The van der Waals surface area contributed by atoms with Gasteiger partial charge in [0.05, 0.1) is 11.1 Å². The number of nitrogens with zero attached hydrogens (tertiary/aromatic N) is 1. The fourth-order valence-corrected chi connectivity index (χ4v) is 2.36. The largest absolute Gasteiger partial charge is 0.350 e. The Hall–Kier alpha value is -1.92. The summed E-state index contributed by atoms with van der Waals surface area (Å²) in [5.41, 5.74) is 6.67. The second-order valence-electron chi connectivity index (χ2n) is 5.68. The molecule has 126 valence electrons. The molecule has 0 spiro atoms. The summed E-state index contributed by atoms with van der Waals surface area (Å²) in [5.74, 6) is -1.02. The molecule has 0 aromatic heterocycles. The molecule has 0 radical (unpaired) electrons. The zero-order valence-corrected chi connectivity index (χ0v) is 14.3. The van der Waals surface area contributed by atoms with Crippen LogP contribution in [0.5, 0.6) is 0 Å². The van der Waals surface area contributed by atoms with Crippen LogP contribution >= 0.6 is 12.4 Å². The van der Waals surface area contributed by atoms with Gasteiger partial charge in [-0.25, -0.2) is 0 Å². The molecular formula is C16H22ClN3O3. The quantitative estimate of drug-likeness (QED) is 0.797. The van der Waals surface area contributed by atoms with Crippen LogP contribution in [-0.2, 0) is 0 Å². The number of hydrogen-bond donors (Lipinski definition) is 2. The molecule has 0 bridgehead atoms. The minimum absolute atomic E-state index is 0. The van der Waals surface area contributed by atoms with E-state index in [1.807, 2.05) is 13.8 Å². The lowest BCUT2D eigenvalue weighted by atomic mass is 9.94. The number of fused-ring (bicyclic) bond motifs is 1. The molecular weight excluding hydrogens is 318 g/mol. The second-order valence-corrected chi connectivity index (χ2v) is 5.68. The van der Waals surface area contributed by atoms with E-state index in [0.717, 1.165) is 17.7 Å². The van der Waals surface area contributed by atoms with Gasteiger partial charge < -0.3 is 11.1 Å². The third kappa shape index (κ3) is 3.54. The fourth-order valence-electron chi connectivity index (χ4n) is 2.36. The normalized spacial score (nSPS) is 13.7. The molecule has 1 aromatic carbocycles. The highest BCUT2D eigenvalue weighted by molar-refractivity contribution is 6.21. The van der Waals surface area contributed by atoms with E-state index in [9.17, 15) is 14.4 Å². The summed E-state index contributed by atoms with van der Waals surface area (Å²) in [6.07, 6.45) is 1.51. The first-order chi connectivity index (χ1) is 10.3. The Labute approximate surface area is 141 Å². The highest BCUT2D eigenvalue weighted by atomic mass is 35.5. The molecule has 0 unspecified atom stereocenters.